The fourth-order valence-electron chi connectivity index (χ4n) is 2.51. The van der Waals surface area contributed by atoms with Crippen molar-refractivity contribution in [3.63, 3.8) is 0 Å². The Morgan fingerprint density at radius 1 is 1.33 bits per heavy atom. The van der Waals surface area contributed by atoms with Gasteiger partial charge in [-0.3, -0.25) is 14.9 Å². The minimum absolute atomic E-state index is 0.0759. The topological polar surface area (TPSA) is 46.2 Å². The van der Waals surface area contributed by atoms with E-state index in [2.05, 4.69) is 5.32 Å². The SMILES string of the molecule is CC(C)C1CC(=O)NC(=O)C1c1cccc(F)c1. The molecule has 1 saturated heterocycles. The maximum atomic E-state index is 13.3. The smallest absolute Gasteiger partial charge is 0.234 e. The Morgan fingerprint density at radius 3 is 2.67 bits per heavy atom. The zero-order chi connectivity index (χ0) is 13.3. The van der Waals surface area contributed by atoms with E-state index < -0.39 is 5.92 Å². The van der Waals surface area contributed by atoms with Crippen molar-refractivity contribution >= 4 is 11.8 Å². The molecule has 1 N–H and O–H groups in total. The third-order valence-electron chi connectivity index (χ3n) is 3.46. The van der Waals surface area contributed by atoms with E-state index in [1.807, 2.05) is 13.8 Å². The highest BCUT2D eigenvalue weighted by Gasteiger charge is 2.38. The van der Waals surface area contributed by atoms with Crippen LogP contribution in [0, 0.1) is 17.7 Å². The highest BCUT2D eigenvalue weighted by molar-refractivity contribution is 6.01. The van der Waals surface area contributed by atoms with Gasteiger partial charge in [-0.2, -0.15) is 0 Å². The van der Waals surface area contributed by atoms with Gasteiger partial charge >= 0.3 is 0 Å². The van der Waals surface area contributed by atoms with E-state index in [0.717, 1.165) is 0 Å². The van der Waals surface area contributed by atoms with Crippen LogP contribution in [0.15, 0.2) is 24.3 Å². The molecule has 1 aromatic carbocycles. The lowest BCUT2D eigenvalue weighted by molar-refractivity contribution is -0.137. The summed E-state index contributed by atoms with van der Waals surface area (Å²) in [6, 6.07) is 6.04. The number of halogens is 1. The first-order valence-electron chi connectivity index (χ1n) is 6.08. The van der Waals surface area contributed by atoms with Gasteiger partial charge in [0.2, 0.25) is 11.8 Å². The number of carbonyl (C=O) groups excluding carboxylic acids is 2. The van der Waals surface area contributed by atoms with Gasteiger partial charge in [0.15, 0.2) is 0 Å². The Morgan fingerprint density at radius 2 is 2.06 bits per heavy atom. The average molecular weight is 249 g/mol. The van der Waals surface area contributed by atoms with Crippen LogP contribution in [0.3, 0.4) is 0 Å². The van der Waals surface area contributed by atoms with Crippen molar-refractivity contribution in [1.29, 1.82) is 0 Å². The molecule has 1 fully saturated rings. The highest BCUT2D eigenvalue weighted by atomic mass is 19.1. The lowest BCUT2D eigenvalue weighted by Crippen LogP contribution is -2.45. The molecule has 4 heteroatoms. The molecule has 0 aromatic heterocycles. The molecule has 2 rings (SSSR count). The predicted octanol–water partition coefficient (Wildman–Crippen LogP) is 2.23. The number of imide groups is 1. The Labute approximate surface area is 105 Å². The second-order valence-electron chi connectivity index (χ2n) is 5.06. The fourth-order valence-corrected chi connectivity index (χ4v) is 2.51. The second kappa shape index (κ2) is 4.88. The van der Waals surface area contributed by atoms with Gasteiger partial charge in [0.05, 0.1) is 5.92 Å². The molecule has 1 aromatic rings. The van der Waals surface area contributed by atoms with Gasteiger partial charge in [-0.05, 0) is 29.5 Å². The Hall–Kier alpha value is -1.71. The summed E-state index contributed by atoms with van der Waals surface area (Å²) in [4.78, 5) is 23.4. The molecule has 0 saturated carbocycles. The van der Waals surface area contributed by atoms with E-state index in [1.165, 1.54) is 12.1 Å². The van der Waals surface area contributed by atoms with Crippen molar-refractivity contribution in [2.75, 3.05) is 0 Å². The third kappa shape index (κ3) is 2.42. The van der Waals surface area contributed by atoms with Crippen molar-refractivity contribution in [2.24, 2.45) is 11.8 Å². The summed E-state index contributed by atoms with van der Waals surface area (Å²) in [7, 11) is 0. The van der Waals surface area contributed by atoms with E-state index in [-0.39, 0.29) is 29.5 Å². The van der Waals surface area contributed by atoms with Gasteiger partial charge in [0.25, 0.3) is 0 Å². The molecule has 0 radical (unpaired) electrons. The summed E-state index contributed by atoms with van der Waals surface area (Å²) in [5, 5.41) is 2.33. The third-order valence-corrected chi connectivity index (χ3v) is 3.46. The molecule has 2 amide bonds. The number of hydrogen-bond acceptors (Lipinski definition) is 2. The van der Waals surface area contributed by atoms with E-state index >= 15 is 0 Å². The van der Waals surface area contributed by atoms with Crippen molar-refractivity contribution in [2.45, 2.75) is 26.2 Å². The van der Waals surface area contributed by atoms with Crippen LogP contribution < -0.4 is 5.32 Å². The van der Waals surface area contributed by atoms with Gasteiger partial charge < -0.3 is 0 Å². The van der Waals surface area contributed by atoms with Gasteiger partial charge in [0.1, 0.15) is 5.82 Å². The minimum Gasteiger partial charge on any atom is -0.296 e. The van der Waals surface area contributed by atoms with E-state index in [9.17, 15) is 14.0 Å². The monoisotopic (exact) mass is 249 g/mol. The fraction of sp³-hybridized carbons (Fsp3) is 0.429. The van der Waals surface area contributed by atoms with E-state index in [0.29, 0.717) is 12.0 Å². The van der Waals surface area contributed by atoms with Gasteiger partial charge in [-0.25, -0.2) is 4.39 Å². The first kappa shape index (κ1) is 12.7. The second-order valence-corrected chi connectivity index (χ2v) is 5.06. The molecule has 96 valence electrons. The standard InChI is InChI=1S/C14H16FNO2/c1-8(2)11-7-12(17)16-14(18)13(11)9-4-3-5-10(15)6-9/h3-6,8,11,13H,7H2,1-2H3,(H,16,17,18). The predicted molar refractivity (Wildman–Crippen MR) is 65.2 cm³/mol. The zero-order valence-corrected chi connectivity index (χ0v) is 10.4. The number of rotatable bonds is 2. The van der Waals surface area contributed by atoms with Crippen molar-refractivity contribution in [3.05, 3.63) is 35.6 Å². The molecule has 1 aliphatic rings. The first-order chi connectivity index (χ1) is 8.49. The first-order valence-corrected chi connectivity index (χ1v) is 6.08. The molecule has 2 atom stereocenters. The summed E-state index contributed by atoms with van der Waals surface area (Å²) in [6.07, 6.45) is 0.310. The minimum atomic E-state index is -0.446. The van der Waals surface area contributed by atoms with Crippen LogP contribution in [0.4, 0.5) is 4.39 Å². The summed E-state index contributed by atoms with van der Waals surface area (Å²) in [5.74, 6) is -1.26. The molecule has 0 spiro atoms. The molecule has 0 bridgehead atoms. The maximum absolute atomic E-state index is 13.3. The molecular weight excluding hydrogens is 233 g/mol. The lowest BCUT2D eigenvalue weighted by atomic mass is 9.74. The number of amides is 2. The van der Waals surface area contributed by atoms with Crippen molar-refractivity contribution in [1.82, 2.24) is 5.32 Å². The summed E-state index contributed by atoms with van der Waals surface area (Å²) < 4.78 is 13.3. The lowest BCUT2D eigenvalue weighted by Gasteiger charge is -2.33. The Bertz CT molecular complexity index is 484. The summed E-state index contributed by atoms with van der Waals surface area (Å²) in [5.41, 5.74) is 0.638. The molecule has 2 unspecified atom stereocenters. The van der Waals surface area contributed by atoms with Crippen LogP contribution in [0.5, 0.6) is 0 Å². The van der Waals surface area contributed by atoms with Crippen LogP contribution >= 0.6 is 0 Å². The van der Waals surface area contributed by atoms with Gasteiger partial charge in [-0.1, -0.05) is 26.0 Å². The van der Waals surface area contributed by atoms with Crippen LogP contribution in [-0.4, -0.2) is 11.8 Å². The average Bonchev–Trinajstić information content (AvgIpc) is 2.27. The number of hydrogen-bond donors (Lipinski definition) is 1. The number of piperidine rings is 1. The van der Waals surface area contributed by atoms with Gasteiger partial charge in [-0.15, -0.1) is 0 Å². The van der Waals surface area contributed by atoms with E-state index in [4.69, 9.17) is 0 Å². The van der Waals surface area contributed by atoms with E-state index in [1.54, 1.807) is 12.1 Å². The Kier molecular flexibility index (Phi) is 3.45. The molecule has 1 heterocycles. The maximum Gasteiger partial charge on any atom is 0.234 e. The molecule has 3 nitrogen and oxygen atoms in total. The molecule has 0 aliphatic carbocycles. The summed E-state index contributed by atoms with van der Waals surface area (Å²) >= 11 is 0. The van der Waals surface area contributed by atoms with Crippen LogP contribution in [0.25, 0.3) is 0 Å². The number of carbonyl (C=O) groups is 2. The molecular formula is C14H16FNO2. The zero-order valence-electron chi connectivity index (χ0n) is 10.4. The van der Waals surface area contributed by atoms with Gasteiger partial charge in [0, 0.05) is 6.42 Å². The highest BCUT2D eigenvalue weighted by Crippen LogP contribution is 2.35. The van der Waals surface area contributed by atoms with Crippen LogP contribution in [-0.2, 0) is 9.59 Å². The van der Waals surface area contributed by atoms with Crippen LogP contribution in [0.2, 0.25) is 0 Å². The summed E-state index contributed by atoms with van der Waals surface area (Å²) in [6.45, 7) is 3.95. The normalized spacial score (nSPS) is 24.2. The van der Waals surface area contributed by atoms with Crippen molar-refractivity contribution in [3.8, 4) is 0 Å². The molecule has 18 heavy (non-hydrogen) atoms. The Balaban J connectivity index is 2.38. The van der Waals surface area contributed by atoms with Crippen LogP contribution in [0.1, 0.15) is 31.7 Å². The number of benzene rings is 1. The van der Waals surface area contributed by atoms with Crippen molar-refractivity contribution < 1.29 is 14.0 Å². The largest absolute Gasteiger partial charge is 0.296 e. The molecule has 1 aliphatic heterocycles. The number of nitrogens with one attached hydrogen (secondary N) is 1. The quantitative estimate of drug-likeness (QED) is 0.817.